The Kier molecular flexibility index (Phi) is 5.02. The molecular formula is C18H23N7OS. The molecule has 8 nitrogen and oxygen atoms in total. The predicted octanol–water partition coefficient (Wildman–Crippen LogP) is 1.82. The van der Waals surface area contributed by atoms with E-state index in [0.717, 1.165) is 36.6 Å². The molecule has 9 heteroatoms. The van der Waals surface area contributed by atoms with E-state index >= 15 is 0 Å². The van der Waals surface area contributed by atoms with Crippen LogP contribution in [0.25, 0.3) is 0 Å². The van der Waals surface area contributed by atoms with Crippen molar-refractivity contribution in [3.05, 3.63) is 46.2 Å². The Hall–Kier alpha value is -2.55. The van der Waals surface area contributed by atoms with Crippen molar-refractivity contribution in [3.8, 4) is 0 Å². The van der Waals surface area contributed by atoms with E-state index in [9.17, 15) is 4.79 Å². The summed E-state index contributed by atoms with van der Waals surface area (Å²) in [6.45, 7) is 2.60. The molecule has 0 aromatic carbocycles. The first-order valence-electron chi connectivity index (χ1n) is 9.14. The van der Waals surface area contributed by atoms with Crippen molar-refractivity contribution >= 4 is 17.2 Å². The Balaban J connectivity index is 1.25. The van der Waals surface area contributed by atoms with Crippen LogP contribution < -0.4 is 5.32 Å². The van der Waals surface area contributed by atoms with Crippen LogP contribution in [0.4, 0.5) is 0 Å². The molecule has 1 amide bonds. The second-order valence-corrected chi connectivity index (χ2v) is 7.97. The Morgan fingerprint density at radius 3 is 2.93 bits per heavy atom. The lowest BCUT2D eigenvalue weighted by Crippen LogP contribution is -2.44. The van der Waals surface area contributed by atoms with Crippen molar-refractivity contribution in [2.24, 2.45) is 7.05 Å². The van der Waals surface area contributed by atoms with Crippen LogP contribution in [0.1, 0.15) is 47.4 Å². The molecule has 1 aliphatic rings. The molecule has 0 bridgehead atoms. The van der Waals surface area contributed by atoms with E-state index in [1.165, 1.54) is 4.88 Å². The second-order valence-electron chi connectivity index (χ2n) is 7.03. The maximum absolute atomic E-state index is 12.2. The molecule has 27 heavy (non-hydrogen) atoms. The van der Waals surface area contributed by atoms with Gasteiger partial charge in [-0.05, 0) is 32.3 Å². The van der Waals surface area contributed by atoms with Gasteiger partial charge in [0.15, 0.2) is 5.82 Å². The third-order valence-corrected chi connectivity index (χ3v) is 6.15. The Morgan fingerprint density at radius 1 is 1.37 bits per heavy atom. The van der Waals surface area contributed by atoms with Gasteiger partial charge in [0.1, 0.15) is 12.4 Å². The number of hydrogen-bond acceptors (Lipinski definition) is 6. The van der Waals surface area contributed by atoms with Gasteiger partial charge in [0.2, 0.25) is 5.91 Å². The first-order chi connectivity index (χ1) is 13.1. The van der Waals surface area contributed by atoms with Crippen molar-refractivity contribution in [1.82, 2.24) is 34.8 Å². The molecule has 3 heterocycles. The molecule has 1 N–H and O–H groups in total. The Labute approximate surface area is 161 Å². The zero-order valence-corrected chi connectivity index (χ0v) is 16.3. The minimum Gasteiger partial charge on any atom is -0.353 e. The highest BCUT2D eigenvalue weighted by Gasteiger charge is 2.34. The third-order valence-electron chi connectivity index (χ3n) is 5.15. The van der Waals surface area contributed by atoms with Crippen LogP contribution in [0.2, 0.25) is 0 Å². The molecule has 1 saturated carbocycles. The van der Waals surface area contributed by atoms with E-state index in [-0.39, 0.29) is 11.9 Å². The van der Waals surface area contributed by atoms with Crippen LogP contribution >= 0.6 is 11.3 Å². The average Bonchev–Trinajstić information content (AvgIpc) is 3.34. The number of nitrogens with zero attached hydrogens (tertiary/aromatic N) is 6. The highest BCUT2D eigenvalue weighted by Crippen LogP contribution is 2.36. The molecule has 0 spiro atoms. The van der Waals surface area contributed by atoms with Crippen LogP contribution in [0.5, 0.6) is 0 Å². The number of carbonyl (C=O) groups excluding carboxylic acids is 1. The topological polar surface area (TPSA) is 90.5 Å². The van der Waals surface area contributed by atoms with Gasteiger partial charge in [-0.2, -0.15) is 5.10 Å². The maximum atomic E-state index is 12.2. The summed E-state index contributed by atoms with van der Waals surface area (Å²) in [6.07, 6.45) is 6.78. The van der Waals surface area contributed by atoms with E-state index < -0.39 is 0 Å². The van der Waals surface area contributed by atoms with E-state index in [1.54, 1.807) is 17.5 Å². The summed E-state index contributed by atoms with van der Waals surface area (Å²) in [5.41, 5.74) is 2.87. The summed E-state index contributed by atoms with van der Waals surface area (Å²) in [7, 11) is 2.00. The zero-order valence-electron chi connectivity index (χ0n) is 15.5. The molecular weight excluding hydrogens is 362 g/mol. The maximum Gasteiger partial charge on any atom is 0.220 e. The van der Waals surface area contributed by atoms with Crippen LogP contribution in [-0.4, -0.2) is 41.5 Å². The number of aromatic nitrogens is 6. The van der Waals surface area contributed by atoms with Crippen molar-refractivity contribution in [3.63, 3.8) is 0 Å². The summed E-state index contributed by atoms with van der Waals surface area (Å²) in [5.74, 6) is 2.34. The summed E-state index contributed by atoms with van der Waals surface area (Å²) in [4.78, 5) is 17.6. The van der Waals surface area contributed by atoms with Crippen molar-refractivity contribution in [1.29, 1.82) is 0 Å². The number of carbonyl (C=O) groups is 1. The second kappa shape index (κ2) is 7.59. The first kappa shape index (κ1) is 17.8. The molecule has 0 aliphatic heterocycles. The quantitative estimate of drug-likeness (QED) is 0.670. The van der Waals surface area contributed by atoms with Crippen LogP contribution in [-0.2, 0) is 24.8 Å². The smallest absolute Gasteiger partial charge is 0.220 e. The highest BCUT2D eigenvalue weighted by molar-refractivity contribution is 7.09. The van der Waals surface area contributed by atoms with Gasteiger partial charge in [-0.15, -0.1) is 21.5 Å². The van der Waals surface area contributed by atoms with Gasteiger partial charge < -0.3 is 9.88 Å². The van der Waals surface area contributed by atoms with E-state index in [4.69, 9.17) is 0 Å². The molecule has 0 unspecified atom stereocenters. The fourth-order valence-corrected chi connectivity index (χ4v) is 4.23. The number of thiazole rings is 1. The minimum atomic E-state index is 0.114. The summed E-state index contributed by atoms with van der Waals surface area (Å²) >= 11 is 1.62. The first-order valence-corrected chi connectivity index (χ1v) is 10.0. The Bertz CT molecular complexity index is 908. The summed E-state index contributed by atoms with van der Waals surface area (Å²) < 4.78 is 3.89. The van der Waals surface area contributed by atoms with Gasteiger partial charge in [-0.25, -0.2) is 4.98 Å². The molecule has 0 radical (unpaired) electrons. The van der Waals surface area contributed by atoms with E-state index in [1.807, 2.05) is 36.4 Å². The van der Waals surface area contributed by atoms with E-state index in [2.05, 4.69) is 30.2 Å². The molecule has 4 rings (SSSR count). The summed E-state index contributed by atoms with van der Waals surface area (Å²) in [5, 5.41) is 16.0. The van der Waals surface area contributed by atoms with Gasteiger partial charge in [0.25, 0.3) is 0 Å². The van der Waals surface area contributed by atoms with Crippen LogP contribution in [0, 0.1) is 6.92 Å². The standard InChI is InChI=1S/C18H23N7OS/c1-12-15(27-11-19-12)4-5-17(26)21-14-8-13(9-14)18-23-22-16(24(18)2)10-25-7-3-6-20-25/h3,6-7,11,13-14H,4-5,8-10H2,1-2H3,(H,21,26). The highest BCUT2D eigenvalue weighted by atomic mass is 32.1. The van der Waals surface area contributed by atoms with Gasteiger partial charge in [0.05, 0.1) is 11.2 Å². The van der Waals surface area contributed by atoms with Crippen LogP contribution in [0.3, 0.4) is 0 Å². The van der Waals surface area contributed by atoms with Crippen molar-refractivity contribution < 1.29 is 4.79 Å². The lowest BCUT2D eigenvalue weighted by molar-refractivity contribution is -0.122. The van der Waals surface area contributed by atoms with Gasteiger partial charge in [0, 0.05) is 42.7 Å². The monoisotopic (exact) mass is 385 g/mol. The fourth-order valence-electron chi connectivity index (χ4n) is 3.45. The molecule has 0 saturated heterocycles. The third kappa shape index (κ3) is 3.92. The number of amides is 1. The van der Waals surface area contributed by atoms with Crippen LogP contribution in [0.15, 0.2) is 24.0 Å². The largest absolute Gasteiger partial charge is 0.353 e. The number of hydrogen-bond donors (Lipinski definition) is 1. The van der Waals surface area contributed by atoms with Gasteiger partial charge in [-0.1, -0.05) is 0 Å². The van der Waals surface area contributed by atoms with Crippen molar-refractivity contribution in [2.45, 2.75) is 51.1 Å². The molecule has 1 aliphatic carbocycles. The number of rotatable bonds is 7. The zero-order chi connectivity index (χ0) is 18.8. The normalized spacial score (nSPS) is 19.0. The van der Waals surface area contributed by atoms with E-state index in [0.29, 0.717) is 18.9 Å². The molecule has 1 fully saturated rings. The molecule has 3 aromatic rings. The lowest BCUT2D eigenvalue weighted by atomic mass is 9.79. The average molecular weight is 385 g/mol. The van der Waals surface area contributed by atoms with Gasteiger partial charge >= 0.3 is 0 Å². The summed E-state index contributed by atoms with van der Waals surface area (Å²) in [6, 6.07) is 2.13. The molecule has 142 valence electrons. The van der Waals surface area contributed by atoms with Crippen molar-refractivity contribution in [2.75, 3.05) is 0 Å². The SMILES string of the molecule is Cc1ncsc1CCC(=O)NC1CC(c2nnc(Cn3cccn3)n2C)C1. The number of aryl methyl sites for hydroxylation is 2. The fraction of sp³-hybridized carbons (Fsp3) is 0.500. The Morgan fingerprint density at radius 2 is 2.22 bits per heavy atom. The van der Waals surface area contributed by atoms with Gasteiger partial charge in [-0.3, -0.25) is 9.48 Å². The molecule has 0 atom stereocenters. The molecule has 3 aromatic heterocycles. The minimum absolute atomic E-state index is 0.114. The lowest BCUT2D eigenvalue weighted by Gasteiger charge is -2.35. The number of nitrogens with one attached hydrogen (secondary N) is 1. The predicted molar refractivity (Wildman–Crippen MR) is 101 cm³/mol.